The van der Waals surface area contributed by atoms with E-state index in [1.807, 2.05) is 0 Å². The Kier molecular flexibility index (Phi) is 6.20. The predicted molar refractivity (Wildman–Crippen MR) is 93.4 cm³/mol. The fourth-order valence-corrected chi connectivity index (χ4v) is 3.10. The highest BCUT2D eigenvalue weighted by Gasteiger charge is 2.44. The maximum atomic E-state index is 10.3. The summed E-state index contributed by atoms with van der Waals surface area (Å²) in [5, 5.41) is 47.8. The standard InChI is InChI=1S/C17H20ClN3O6/c1-26-13-6-19-12(20-21-13)5-9-4-8(2-3-10(9)18)17-16(25)15(24)14(23)11(7-22)27-17/h2-4,6,11,14-17,22-25H,5,7H2,1H3/t11-,14-,15+,16-,17+/m1/s1. The molecule has 2 aromatic rings. The molecule has 1 aromatic carbocycles. The Morgan fingerprint density at radius 2 is 1.93 bits per heavy atom. The van der Waals surface area contributed by atoms with Crippen molar-refractivity contribution in [1.82, 2.24) is 15.2 Å². The molecule has 27 heavy (non-hydrogen) atoms. The average Bonchev–Trinajstić information content (AvgIpc) is 2.69. The Morgan fingerprint density at radius 3 is 2.56 bits per heavy atom. The maximum Gasteiger partial charge on any atom is 0.251 e. The van der Waals surface area contributed by atoms with Crippen molar-refractivity contribution >= 4 is 11.6 Å². The SMILES string of the molecule is COc1cnc(Cc2cc([C@@H]3O[C@H](CO)[C@@H](O)[C@H](O)[C@H]3O)ccc2Cl)nn1. The Labute approximate surface area is 160 Å². The number of aliphatic hydroxyl groups excluding tert-OH is 4. The summed E-state index contributed by atoms with van der Waals surface area (Å²) in [5.74, 6) is 0.712. The lowest BCUT2D eigenvalue weighted by molar-refractivity contribution is -0.231. The van der Waals surface area contributed by atoms with Crippen LogP contribution in [0.4, 0.5) is 0 Å². The van der Waals surface area contributed by atoms with Crippen molar-refractivity contribution in [1.29, 1.82) is 0 Å². The molecule has 0 radical (unpaired) electrons. The van der Waals surface area contributed by atoms with Crippen LogP contribution in [0.2, 0.25) is 5.02 Å². The third kappa shape index (κ3) is 4.18. The van der Waals surface area contributed by atoms with E-state index in [-0.39, 0.29) is 6.42 Å². The third-order valence-corrected chi connectivity index (χ3v) is 4.81. The van der Waals surface area contributed by atoms with Gasteiger partial charge in [0.1, 0.15) is 30.5 Å². The van der Waals surface area contributed by atoms with E-state index >= 15 is 0 Å². The fraction of sp³-hybridized carbons (Fsp3) is 0.471. The molecule has 10 heteroatoms. The van der Waals surface area contributed by atoms with E-state index in [9.17, 15) is 20.4 Å². The second kappa shape index (κ2) is 8.42. The number of methoxy groups -OCH3 is 1. The van der Waals surface area contributed by atoms with Crippen LogP contribution in [-0.4, -0.2) is 73.7 Å². The van der Waals surface area contributed by atoms with Crippen molar-refractivity contribution in [3.05, 3.63) is 46.4 Å². The van der Waals surface area contributed by atoms with Crippen molar-refractivity contribution in [3.63, 3.8) is 0 Å². The second-order valence-electron chi connectivity index (χ2n) is 6.19. The minimum absolute atomic E-state index is 0.279. The quantitative estimate of drug-likeness (QED) is 0.532. The molecular formula is C17H20ClN3O6. The Hall–Kier alpha value is -1.88. The van der Waals surface area contributed by atoms with Gasteiger partial charge in [-0.15, -0.1) is 10.2 Å². The molecular weight excluding hydrogens is 378 g/mol. The molecule has 1 aromatic heterocycles. The van der Waals surface area contributed by atoms with Gasteiger partial charge in [0.25, 0.3) is 5.88 Å². The van der Waals surface area contributed by atoms with Gasteiger partial charge in [0, 0.05) is 11.4 Å². The Morgan fingerprint density at radius 1 is 1.15 bits per heavy atom. The number of ether oxygens (including phenoxy) is 2. The molecule has 1 saturated heterocycles. The largest absolute Gasteiger partial charge is 0.479 e. The Bertz CT molecular complexity index is 776. The van der Waals surface area contributed by atoms with Gasteiger partial charge in [-0.2, -0.15) is 0 Å². The zero-order valence-corrected chi connectivity index (χ0v) is 15.2. The van der Waals surface area contributed by atoms with Gasteiger partial charge in [-0.25, -0.2) is 4.98 Å². The lowest BCUT2D eigenvalue weighted by Gasteiger charge is -2.40. The molecule has 1 aliphatic heterocycles. The molecule has 0 amide bonds. The van der Waals surface area contributed by atoms with Gasteiger partial charge < -0.3 is 29.9 Å². The van der Waals surface area contributed by atoms with E-state index in [4.69, 9.17) is 21.1 Å². The number of aromatic nitrogens is 3. The van der Waals surface area contributed by atoms with Crippen LogP contribution in [0.5, 0.6) is 5.88 Å². The van der Waals surface area contributed by atoms with Crippen LogP contribution >= 0.6 is 11.6 Å². The number of halogens is 1. The molecule has 0 saturated carbocycles. The molecule has 0 aliphatic carbocycles. The molecule has 146 valence electrons. The second-order valence-corrected chi connectivity index (χ2v) is 6.60. The van der Waals surface area contributed by atoms with Gasteiger partial charge in [0.15, 0.2) is 5.82 Å². The first-order valence-electron chi connectivity index (χ1n) is 8.26. The molecule has 3 rings (SSSR count). The van der Waals surface area contributed by atoms with Gasteiger partial charge in [-0.3, -0.25) is 0 Å². The number of aliphatic hydroxyl groups is 4. The average molecular weight is 398 g/mol. The molecule has 0 unspecified atom stereocenters. The summed E-state index contributed by atoms with van der Waals surface area (Å²) in [6.07, 6.45) is -4.43. The summed E-state index contributed by atoms with van der Waals surface area (Å²) < 4.78 is 10.5. The van der Waals surface area contributed by atoms with E-state index in [0.29, 0.717) is 27.9 Å². The van der Waals surface area contributed by atoms with Crippen LogP contribution in [0.25, 0.3) is 0 Å². The van der Waals surface area contributed by atoms with Crippen molar-refractivity contribution < 1.29 is 29.9 Å². The molecule has 0 spiro atoms. The number of benzene rings is 1. The summed E-state index contributed by atoms with van der Waals surface area (Å²) in [5.41, 5.74) is 1.20. The lowest BCUT2D eigenvalue weighted by atomic mass is 9.90. The highest BCUT2D eigenvalue weighted by Crippen LogP contribution is 2.34. The summed E-state index contributed by atoms with van der Waals surface area (Å²) in [4.78, 5) is 4.15. The fourth-order valence-electron chi connectivity index (χ4n) is 2.92. The molecule has 5 atom stereocenters. The van der Waals surface area contributed by atoms with Crippen molar-refractivity contribution in [2.24, 2.45) is 0 Å². The molecule has 4 N–H and O–H groups in total. The van der Waals surface area contributed by atoms with Crippen molar-refractivity contribution in [3.8, 4) is 5.88 Å². The van der Waals surface area contributed by atoms with E-state index < -0.39 is 37.1 Å². The lowest BCUT2D eigenvalue weighted by Crippen LogP contribution is -2.55. The predicted octanol–water partition coefficient (Wildman–Crippen LogP) is -0.361. The van der Waals surface area contributed by atoms with E-state index in [1.165, 1.54) is 13.3 Å². The minimum atomic E-state index is -1.45. The summed E-state index contributed by atoms with van der Waals surface area (Å²) in [7, 11) is 1.46. The molecule has 1 fully saturated rings. The van der Waals surface area contributed by atoms with Gasteiger partial charge in [-0.05, 0) is 17.2 Å². The highest BCUT2D eigenvalue weighted by atomic mass is 35.5. The smallest absolute Gasteiger partial charge is 0.251 e. The van der Waals surface area contributed by atoms with Crippen molar-refractivity contribution in [2.75, 3.05) is 13.7 Å². The topological polar surface area (TPSA) is 138 Å². The van der Waals surface area contributed by atoms with Crippen LogP contribution < -0.4 is 4.74 Å². The number of nitrogens with zero attached hydrogens (tertiary/aromatic N) is 3. The number of rotatable bonds is 5. The molecule has 2 heterocycles. The molecule has 9 nitrogen and oxygen atoms in total. The van der Waals surface area contributed by atoms with Gasteiger partial charge >= 0.3 is 0 Å². The first kappa shape index (κ1) is 19.9. The van der Waals surface area contributed by atoms with E-state index in [1.54, 1.807) is 18.2 Å². The molecule has 1 aliphatic rings. The van der Waals surface area contributed by atoms with Crippen LogP contribution in [0.1, 0.15) is 23.1 Å². The van der Waals surface area contributed by atoms with Crippen LogP contribution in [0, 0.1) is 0 Å². The minimum Gasteiger partial charge on any atom is -0.479 e. The first-order chi connectivity index (χ1) is 12.9. The van der Waals surface area contributed by atoms with E-state index in [2.05, 4.69) is 15.2 Å². The first-order valence-corrected chi connectivity index (χ1v) is 8.63. The van der Waals surface area contributed by atoms with Crippen LogP contribution in [0.3, 0.4) is 0 Å². The normalized spacial score (nSPS) is 28.1. The zero-order valence-electron chi connectivity index (χ0n) is 14.4. The van der Waals surface area contributed by atoms with Crippen LogP contribution in [-0.2, 0) is 11.2 Å². The van der Waals surface area contributed by atoms with E-state index in [0.717, 1.165) is 0 Å². The summed E-state index contributed by atoms with van der Waals surface area (Å²) in [6, 6.07) is 4.97. The number of hydrogen-bond donors (Lipinski definition) is 4. The molecule has 0 bridgehead atoms. The van der Waals surface area contributed by atoms with Gasteiger partial charge in [0.05, 0.1) is 19.9 Å². The number of hydrogen-bond acceptors (Lipinski definition) is 9. The maximum absolute atomic E-state index is 10.3. The summed E-state index contributed by atoms with van der Waals surface area (Å²) >= 11 is 6.25. The summed E-state index contributed by atoms with van der Waals surface area (Å²) in [6.45, 7) is -0.493. The van der Waals surface area contributed by atoms with Gasteiger partial charge in [0.2, 0.25) is 0 Å². The highest BCUT2D eigenvalue weighted by molar-refractivity contribution is 6.31. The monoisotopic (exact) mass is 397 g/mol. The zero-order chi connectivity index (χ0) is 19.6. The Balaban J connectivity index is 1.85. The van der Waals surface area contributed by atoms with Crippen LogP contribution in [0.15, 0.2) is 24.4 Å². The third-order valence-electron chi connectivity index (χ3n) is 4.44. The van der Waals surface area contributed by atoms with Crippen molar-refractivity contribution in [2.45, 2.75) is 36.9 Å². The van der Waals surface area contributed by atoms with Gasteiger partial charge in [-0.1, -0.05) is 23.7 Å².